The van der Waals surface area contributed by atoms with E-state index in [1.807, 2.05) is 13.8 Å². The summed E-state index contributed by atoms with van der Waals surface area (Å²) < 4.78 is 5.43. The zero-order valence-electron chi connectivity index (χ0n) is 11.8. The Bertz CT molecular complexity index is 244. The molecule has 0 aromatic heterocycles. The highest BCUT2D eigenvalue weighted by molar-refractivity contribution is 5.79. The van der Waals surface area contributed by atoms with Crippen LogP contribution in [0.2, 0.25) is 0 Å². The first-order valence-corrected chi connectivity index (χ1v) is 7.26. The van der Waals surface area contributed by atoms with Gasteiger partial charge in [0.1, 0.15) is 0 Å². The van der Waals surface area contributed by atoms with E-state index in [9.17, 15) is 4.79 Å². The molecule has 4 heteroatoms. The first kappa shape index (κ1) is 15.4. The third kappa shape index (κ3) is 5.83. The van der Waals surface area contributed by atoms with Gasteiger partial charge in [-0.3, -0.25) is 4.79 Å². The molecular weight excluding hydrogens is 228 g/mol. The molecule has 2 unspecified atom stereocenters. The van der Waals surface area contributed by atoms with Gasteiger partial charge in [0, 0.05) is 19.2 Å². The smallest absolute Gasteiger partial charge is 0.224 e. The quantitative estimate of drug-likeness (QED) is 0.563. The molecule has 0 aliphatic heterocycles. The standard InChI is InChI=1S/C14H28N2O2/c1-11(2)18-10-6-9-16-14(17)12-7-4-3-5-8-13(12)15/h11-13H,3-10,15H2,1-2H3,(H,16,17). The van der Waals surface area contributed by atoms with Gasteiger partial charge in [-0.15, -0.1) is 0 Å². The Morgan fingerprint density at radius 2 is 2.06 bits per heavy atom. The van der Waals surface area contributed by atoms with Gasteiger partial charge in [-0.05, 0) is 33.1 Å². The lowest BCUT2D eigenvalue weighted by Crippen LogP contribution is -2.41. The van der Waals surface area contributed by atoms with Crippen molar-refractivity contribution in [3.63, 3.8) is 0 Å². The van der Waals surface area contributed by atoms with Gasteiger partial charge >= 0.3 is 0 Å². The average Bonchev–Trinajstić information content (AvgIpc) is 2.53. The van der Waals surface area contributed by atoms with Crippen molar-refractivity contribution in [2.45, 2.75) is 64.5 Å². The van der Waals surface area contributed by atoms with Gasteiger partial charge in [-0.1, -0.05) is 19.3 Å². The molecule has 1 aliphatic carbocycles. The van der Waals surface area contributed by atoms with Crippen LogP contribution < -0.4 is 11.1 Å². The van der Waals surface area contributed by atoms with Crippen molar-refractivity contribution in [2.24, 2.45) is 11.7 Å². The summed E-state index contributed by atoms with van der Waals surface area (Å²) in [6.07, 6.45) is 6.54. The molecule has 1 saturated carbocycles. The van der Waals surface area contributed by atoms with E-state index >= 15 is 0 Å². The number of carbonyl (C=O) groups is 1. The maximum atomic E-state index is 12.0. The number of nitrogens with one attached hydrogen (secondary N) is 1. The first-order chi connectivity index (χ1) is 8.61. The summed E-state index contributed by atoms with van der Waals surface area (Å²) in [5, 5.41) is 2.99. The number of hydrogen-bond donors (Lipinski definition) is 2. The third-order valence-electron chi connectivity index (χ3n) is 3.48. The number of ether oxygens (including phenoxy) is 1. The molecule has 1 fully saturated rings. The number of hydrogen-bond acceptors (Lipinski definition) is 3. The van der Waals surface area contributed by atoms with Crippen molar-refractivity contribution in [2.75, 3.05) is 13.2 Å². The molecule has 106 valence electrons. The van der Waals surface area contributed by atoms with Gasteiger partial charge in [0.25, 0.3) is 0 Å². The molecule has 18 heavy (non-hydrogen) atoms. The SMILES string of the molecule is CC(C)OCCCNC(=O)C1CCCCCC1N. The fourth-order valence-electron chi connectivity index (χ4n) is 2.40. The van der Waals surface area contributed by atoms with Crippen molar-refractivity contribution in [3.05, 3.63) is 0 Å². The summed E-state index contributed by atoms with van der Waals surface area (Å²) in [6, 6.07) is 0.0411. The van der Waals surface area contributed by atoms with Crippen molar-refractivity contribution < 1.29 is 9.53 Å². The minimum absolute atomic E-state index is 0.0125. The number of carbonyl (C=O) groups excluding carboxylic acids is 1. The molecule has 1 amide bonds. The van der Waals surface area contributed by atoms with E-state index in [4.69, 9.17) is 10.5 Å². The van der Waals surface area contributed by atoms with Crippen LogP contribution in [0.3, 0.4) is 0 Å². The molecule has 0 aromatic rings. The Morgan fingerprint density at radius 1 is 1.33 bits per heavy atom. The minimum atomic E-state index is 0.0125. The molecular formula is C14H28N2O2. The second kappa shape index (κ2) is 8.48. The summed E-state index contributed by atoms with van der Waals surface area (Å²) in [5.74, 6) is 0.146. The van der Waals surface area contributed by atoms with Crippen LogP contribution >= 0.6 is 0 Å². The van der Waals surface area contributed by atoms with Gasteiger partial charge in [-0.25, -0.2) is 0 Å². The van der Waals surface area contributed by atoms with Crippen molar-refractivity contribution in [3.8, 4) is 0 Å². The molecule has 4 nitrogen and oxygen atoms in total. The van der Waals surface area contributed by atoms with Gasteiger partial charge in [-0.2, -0.15) is 0 Å². The normalized spacial score (nSPS) is 24.9. The topological polar surface area (TPSA) is 64.3 Å². The zero-order chi connectivity index (χ0) is 13.4. The Hall–Kier alpha value is -0.610. The molecule has 1 aliphatic rings. The first-order valence-electron chi connectivity index (χ1n) is 7.26. The highest BCUT2D eigenvalue weighted by Crippen LogP contribution is 2.22. The van der Waals surface area contributed by atoms with Crippen LogP contribution in [0.5, 0.6) is 0 Å². The Balaban J connectivity index is 2.18. The van der Waals surface area contributed by atoms with Crippen LogP contribution in [-0.2, 0) is 9.53 Å². The number of rotatable bonds is 6. The second-order valence-electron chi connectivity index (χ2n) is 5.47. The van der Waals surface area contributed by atoms with E-state index in [0.29, 0.717) is 13.2 Å². The molecule has 0 bridgehead atoms. The van der Waals surface area contributed by atoms with E-state index in [1.54, 1.807) is 0 Å². The van der Waals surface area contributed by atoms with Gasteiger partial charge in [0.15, 0.2) is 0 Å². The van der Waals surface area contributed by atoms with Gasteiger partial charge in [0.2, 0.25) is 5.91 Å². The molecule has 2 atom stereocenters. The molecule has 0 aromatic carbocycles. The lowest BCUT2D eigenvalue weighted by atomic mass is 9.94. The summed E-state index contributed by atoms with van der Waals surface area (Å²) in [4.78, 5) is 12.0. The molecule has 1 rings (SSSR count). The fraction of sp³-hybridized carbons (Fsp3) is 0.929. The van der Waals surface area contributed by atoms with E-state index in [-0.39, 0.29) is 24.0 Å². The van der Waals surface area contributed by atoms with Gasteiger partial charge in [0.05, 0.1) is 12.0 Å². The van der Waals surface area contributed by atoms with Crippen LogP contribution in [0.1, 0.15) is 52.4 Å². The minimum Gasteiger partial charge on any atom is -0.379 e. The Labute approximate surface area is 111 Å². The third-order valence-corrected chi connectivity index (χ3v) is 3.48. The summed E-state index contributed by atoms with van der Waals surface area (Å²) in [7, 11) is 0. The molecule has 0 heterocycles. The van der Waals surface area contributed by atoms with E-state index in [2.05, 4.69) is 5.32 Å². The van der Waals surface area contributed by atoms with Crippen LogP contribution in [0.15, 0.2) is 0 Å². The largest absolute Gasteiger partial charge is 0.379 e. The second-order valence-corrected chi connectivity index (χ2v) is 5.47. The van der Waals surface area contributed by atoms with Crippen LogP contribution in [0.25, 0.3) is 0 Å². The molecule has 3 N–H and O–H groups in total. The zero-order valence-corrected chi connectivity index (χ0v) is 11.8. The summed E-state index contributed by atoms with van der Waals surface area (Å²) >= 11 is 0. The van der Waals surface area contributed by atoms with Crippen LogP contribution in [0.4, 0.5) is 0 Å². The highest BCUT2D eigenvalue weighted by atomic mass is 16.5. The van der Waals surface area contributed by atoms with E-state index in [1.165, 1.54) is 6.42 Å². The number of nitrogens with two attached hydrogens (primary N) is 1. The van der Waals surface area contributed by atoms with Crippen molar-refractivity contribution in [1.29, 1.82) is 0 Å². The maximum absolute atomic E-state index is 12.0. The summed E-state index contributed by atoms with van der Waals surface area (Å²) in [6.45, 7) is 5.43. The molecule has 0 saturated heterocycles. The predicted molar refractivity (Wildman–Crippen MR) is 73.3 cm³/mol. The van der Waals surface area contributed by atoms with Gasteiger partial charge < -0.3 is 15.8 Å². The van der Waals surface area contributed by atoms with Crippen LogP contribution in [0, 0.1) is 5.92 Å². The fourth-order valence-corrected chi connectivity index (χ4v) is 2.40. The lowest BCUT2D eigenvalue weighted by molar-refractivity contribution is -0.125. The predicted octanol–water partition coefficient (Wildman–Crippen LogP) is 1.83. The Morgan fingerprint density at radius 3 is 2.78 bits per heavy atom. The monoisotopic (exact) mass is 256 g/mol. The Kier molecular flexibility index (Phi) is 7.28. The number of amides is 1. The maximum Gasteiger partial charge on any atom is 0.224 e. The van der Waals surface area contributed by atoms with Crippen molar-refractivity contribution >= 4 is 5.91 Å². The molecule has 0 spiro atoms. The van der Waals surface area contributed by atoms with Crippen molar-refractivity contribution in [1.82, 2.24) is 5.32 Å². The highest BCUT2D eigenvalue weighted by Gasteiger charge is 2.26. The lowest BCUT2D eigenvalue weighted by Gasteiger charge is -2.20. The summed E-state index contributed by atoms with van der Waals surface area (Å²) in [5.41, 5.74) is 6.06. The van der Waals surface area contributed by atoms with Crippen LogP contribution in [-0.4, -0.2) is 31.2 Å². The van der Waals surface area contributed by atoms with E-state index < -0.39 is 0 Å². The van der Waals surface area contributed by atoms with E-state index in [0.717, 1.165) is 32.1 Å². The molecule has 0 radical (unpaired) electrons. The average molecular weight is 256 g/mol.